The van der Waals surface area contributed by atoms with E-state index in [0.717, 1.165) is 19.3 Å². The van der Waals surface area contributed by atoms with Crippen LogP contribution in [0.2, 0.25) is 0 Å². The van der Waals surface area contributed by atoms with E-state index >= 15 is 0 Å². The average Bonchev–Trinajstić information content (AvgIpc) is 2.68. The number of fused-ring (bicyclic) bond motifs is 3. The van der Waals surface area contributed by atoms with Gasteiger partial charge in [0, 0.05) is 6.92 Å². The Morgan fingerprint density at radius 3 is 2.34 bits per heavy atom. The van der Waals surface area contributed by atoms with E-state index in [4.69, 9.17) is 14.2 Å². The summed E-state index contributed by atoms with van der Waals surface area (Å²) >= 11 is 0. The molecule has 0 radical (unpaired) electrons. The zero-order chi connectivity index (χ0) is 23.5. The minimum atomic E-state index is -0.283. The smallest absolute Gasteiger partial charge is 0.303 e. The molecule has 0 aromatic carbocycles. The van der Waals surface area contributed by atoms with Crippen LogP contribution in [0.25, 0.3) is 0 Å². The van der Waals surface area contributed by atoms with Gasteiger partial charge in [0.15, 0.2) is 0 Å². The lowest BCUT2D eigenvalue weighted by Gasteiger charge is -2.67. The lowest BCUT2D eigenvalue weighted by molar-refractivity contribution is -0.262. The minimum absolute atomic E-state index is 0.0671. The van der Waals surface area contributed by atoms with E-state index in [9.17, 15) is 4.79 Å². The van der Waals surface area contributed by atoms with Gasteiger partial charge in [-0.3, -0.25) is 4.79 Å². The summed E-state index contributed by atoms with van der Waals surface area (Å²) in [5.74, 6) is 1.43. The van der Waals surface area contributed by atoms with E-state index in [-0.39, 0.29) is 46.3 Å². The molecule has 0 aromatic rings. The Bertz CT molecular complexity index is 786. The maximum Gasteiger partial charge on any atom is 0.303 e. The van der Waals surface area contributed by atoms with E-state index in [2.05, 4.69) is 47.3 Å². The highest BCUT2D eigenvalue weighted by Gasteiger charge is 2.63. The number of hydrogen-bond donors (Lipinski definition) is 0. The molecule has 9 atom stereocenters. The molecule has 4 aliphatic rings. The van der Waals surface area contributed by atoms with Gasteiger partial charge in [-0.25, -0.2) is 0 Å². The first-order valence-corrected chi connectivity index (χ1v) is 12.7. The fourth-order valence-electron chi connectivity index (χ4n) is 8.35. The topological polar surface area (TPSA) is 44.8 Å². The molecular formula is C28H44O4. The summed E-state index contributed by atoms with van der Waals surface area (Å²) < 4.78 is 18.7. The molecule has 3 fully saturated rings. The van der Waals surface area contributed by atoms with Crippen molar-refractivity contribution in [2.24, 2.45) is 28.6 Å². The van der Waals surface area contributed by atoms with Gasteiger partial charge >= 0.3 is 5.97 Å². The Labute approximate surface area is 195 Å². The lowest BCUT2D eigenvalue weighted by Crippen LogP contribution is -2.64. The highest BCUT2D eigenvalue weighted by molar-refractivity contribution is 5.66. The van der Waals surface area contributed by atoms with Gasteiger partial charge in [-0.1, -0.05) is 32.9 Å². The molecular weight excluding hydrogens is 400 g/mol. The summed E-state index contributed by atoms with van der Waals surface area (Å²) in [6.45, 7) is 19.6. The van der Waals surface area contributed by atoms with Crippen molar-refractivity contribution in [3.05, 3.63) is 24.8 Å². The van der Waals surface area contributed by atoms with Crippen LogP contribution in [0.15, 0.2) is 24.8 Å². The minimum Gasteiger partial charge on any atom is -0.456 e. The Morgan fingerprint density at radius 1 is 1.03 bits per heavy atom. The Morgan fingerprint density at radius 2 is 1.72 bits per heavy atom. The molecule has 32 heavy (non-hydrogen) atoms. The predicted octanol–water partition coefficient (Wildman–Crippen LogP) is 6.24. The predicted molar refractivity (Wildman–Crippen MR) is 127 cm³/mol. The van der Waals surface area contributed by atoms with Crippen molar-refractivity contribution in [1.29, 1.82) is 0 Å². The highest BCUT2D eigenvalue weighted by atomic mass is 16.6. The standard InChI is InChI=1S/C28H44O4/c1-9-26(6)15-13-24-27(7)16-12-20(22-11-10-21(18(2)30-22)31-19(3)29)25(4,5)23(27)14-17-28(24,8)32-26/h9-11,18,20-24H,1,12-17H2,2-8H3/t18-,20-,21+,22+,23+,24-,26-,27+,28-/m0/s1. The fourth-order valence-corrected chi connectivity index (χ4v) is 8.35. The lowest BCUT2D eigenvalue weighted by atomic mass is 9.42. The van der Waals surface area contributed by atoms with Gasteiger partial charge in [-0.2, -0.15) is 0 Å². The van der Waals surface area contributed by atoms with Crippen LogP contribution >= 0.6 is 0 Å². The van der Waals surface area contributed by atoms with Crippen LogP contribution in [0.5, 0.6) is 0 Å². The second-order valence-electron chi connectivity index (χ2n) is 12.4. The summed E-state index contributed by atoms with van der Waals surface area (Å²) in [6.07, 6.45) is 12.9. The SMILES string of the molecule is C=C[C@@]1(C)CC[C@H]2[C@]3(C)CC[C@@H]([C@H]4C=C[C@@H](OC(C)=O)[C@H](C)O4)C(C)(C)[C@H]3CC[C@]2(C)O1. The van der Waals surface area contributed by atoms with Gasteiger partial charge < -0.3 is 14.2 Å². The molecule has 4 nitrogen and oxygen atoms in total. The molecule has 0 unspecified atom stereocenters. The summed E-state index contributed by atoms with van der Waals surface area (Å²) in [4.78, 5) is 11.4. The molecule has 2 heterocycles. The highest BCUT2D eigenvalue weighted by Crippen LogP contribution is 2.67. The van der Waals surface area contributed by atoms with Crippen LogP contribution in [-0.4, -0.2) is 35.5 Å². The van der Waals surface area contributed by atoms with Gasteiger partial charge in [0.25, 0.3) is 0 Å². The van der Waals surface area contributed by atoms with Gasteiger partial charge in [-0.15, -0.1) is 6.58 Å². The van der Waals surface area contributed by atoms with Crippen molar-refractivity contribution >= 4 is 5.97 Å². The molecule has 4 heteroatoms. The number of carbonyl (C=O) groups is 1. The van der Waals surface area contributed by atoms with Crippen LogP contribution in [0, 0.1) is 28.6 Å². The van der Waals surface area contributed by atoms with E-state index in [1.54, 1.807) is 0 Å². The number of ether oxygens (including phenoxy) is 3. The number of esters is 1. The second-order valence-corrected chi connectivity index (χ2v) is 12.4. The van der Waals surface area contributed by atoms with Crippen molar-refractivity contribution in [3.63, 3.8) is 0 Å². The first-order chi connectivity index (χ1) is 14.8. The molecule has 4 rings (SSSR count). The zero-order valence-corrected chi connectivity index (χ0v) is 21.3. The third-order valence-corrected chi connectivity index (χ3v) is 9.96. The second kappa shape index (κ2) is 7.98. The number of hydrogen-bond acceptors (Lipinski definition) is 4. The number of carbonyl (C=O) groups excluding carboxylic acids is 1. The van der Waals surface area contributed by atoms with Crippen LogP contribution in [0.3, 0.4) is 0 Å². The fraction of sp³-hybridized carbons (Fsp3) is 0.821. The summed E-state index contributed by atoms with van der Waals surface area (Å²) in [5.41, 5.74) is 0.176. The van der Waals surface area contributed by atoms with Crippen LogP contribution < -0.4 is 0 Å². The molecule has 2 saturated carbocycles. The van der Waals surface area contributed by atoms with Crippen molar-refractivity contribution in [1.82, 2.24) is 0 Å². The Hall–Kier alpha value is -1.13. The maximum absolute atomic E-state index is 11.4. The normalized spacial score (nSPS) is 50.1. The van der Waals surface area contributed by atoms with E-state index < -0.39 is 0 Å². The third kappa shape index (κ3) is 3.79. The molecule has 2 aliphatic heterocycles. The van der Waals surface area contributed by atoms with Crippen molar-refractivity contribution in [2.75, 3.05) is 0 Å². The van der Waals surface area contributed by atoms with Crippen molar-refractivity contribution in [3.8, 4) is 0 Å². The van der Waals surface area contributed by atoms with E-state index in [1.165, 1.54) is 26.2 Å². The summed E-state index contributed by atoms with van der Waals surface area (Å²) in [6, 6.07) is 0. The van der Waals surface area contributed by atoms with Crippen molar-refractivity contribution < 1.29 is 19.0 Å². The van der Waals surface area contributed by atoms with Crippen molar-refractivity contribution in [2.45, 2.75) is 117 Å². The first-order valence-electron chi connectivity index (χ1n) is 12.7. The first kappa shape index (κ1) is 24.0. The van der Waals surface area contributed by atoms with Crippen LogP contribution in [0.4, 0.5) is 0 Å². The van der Waals surface area contributed by atoms with E-state index in [0.29, 0.717) is 17.8 Å². The Kier molecular flexibility index (Phi) is 5.98. The molecule has 0 N–H and O–H groups in total. The molecule has 1 saturated heterocycles. The molecule has 180 valence electrons. The summed E-state index contributed by atoms with van der Waals surface area (Å²) in [7, 11) is 0. The van der Waals surface area contributed by atoms with Crippen LogP contribution in [-0.2, 0) is 19.0 Å². The largest absolute Gasteiger partial charge is 0.456 e. The quantitative estimate of drug-likeness (QED) is 0.381. The Balaban J connectivity index is 1.56. The van der Waals surface area contributed by atoms with Gasteiger partial charge in [0.2, 0.25) is 0 Å². The summed E-state index contributed by atoms with van der Waals surface area (Å²) in [5, 5.41) is 0. The molecule has 0 aromatic heterocycles. The molecule has 2 aliphatic carbocycles. The maximum atomic E-state index is 11.4. The van der Waals surface area contributed by atoms with Gasteiger partial charge in [0.05, 0.1) is 23.4 Å². The number of rotatable bonds is 3. The molecule has 0 amide bonds. The van der Waals surface area contributed by atoms with Gasteiger partial charge in [0.1, 0.15) is 6.10 Å². The monoisotopic (exact) mass is 444 g/mol. The third-order valence-electron chi connectivity index (χ3n) is 9.96. The van der Waals surface area contributed by atoms with Crippen LogP contribution in [0.1, 0.15) is 87.0 Å². The molecule has 0 spiro atoms. The van der Waals surface area contributed by atoms with Gasteiger partial charge in [-0.05, 0) is 94.0 Å². The zero-order valence-electron chi connectivity index (χ0n) is 21.3. The average molecular weight is 445 g/mol. The van der Waals surface area contributed by atoms with E-state index in [1.807, 2.05) is 19.1 Å². The molecule has 0 bridgehead atoms.